The summed E-state index contributed by atoms with van der Waals surface area (Å²) in [6, 6.07) is 16.7. The van der Waals surface area contributed by atoms with Gasteiger partial charge in [0, 0.05) is 28.1 Å². The Morgan fingerprint density at radius 3 is 2.54 bits per heavy atom. The minimum absolute atomic E-state index is 0.242. The van der Waals surface area contributed by atoms with Crippen LogP contribution < -0.4 is 10.2 Å². The van der Waals surface area contributed by atoms with Crippen molar-refractivity contribution >= 4 is 44.8 Å². The topological polar surface area (TPSA) is 54.7 Å². The maximum absolute atomic E-state index is 12.8. The summed E-state index contributed by atoms with van der Waals surface area (Å²) in [6.45, 7) is 2.84. The van der Waals surface area contributed by atoms with Gasteiger partial charge >= 0.3 is 0 Å². The van der Waals surface area contributed by atoms with Gasteiger partial charge in [-0.15, -0.1) is 0 Å². The lowest BCUT2D eigenvalue weighted by molar-refractivity contribution is 0.0997. The first-order chi connectivity index (χ1) is 13.6. The summed E-state index contributed by atoms with van der Waals surface area (Å²) in [5, 5.41) is 3.49. The Morgan fingerprint density at radius 2 is 1.79 bits per heavy atom. The number of benzene rings is 2. The molecule has 0 bridgehead atoms. The number of furan rings is 1. The Hall–Kier alpha value is -2.28. The maximum atomic E-state index is 12.8. The molecule has 0 atom stereocenters. The number of amides is 1. The third-order valence-electron chi connectivity index (χ3n) is 4.52. The fourth-order valence-corrected chi connectivity index (χ4v) is 3.54. The molecule has 7 heteroatoms. The highest BCUT2D eigenvalue weighted by Gasteiger charge is 2.19. The first-order valence-corrected chi connectivity index (χ1v) is 10.1. The monoisotopic (exact) mass is 460 g/mol. The Balaban J connectivity index is 1.55. The summed E-state index contributed by atoms with van der Waals surface area (Å²) in [5.74, 6) is 0.558. The molecule has 1 aliphatic heterocycles. The molecule has 3 aromatic rings. The van der Waals surface area contributed by atoms with Gasteiger partial charge in [0.05, 0.1) is 24.6 Å². The van der Waals surface area contributed by atoms with E-state index >= 15 is 0 Å². The van der Waals surface area contributed by atoms with Crippen LogP contribution >= 0.6 is 27.5 Å². The molecular weight excluding hydrogens is 444 g/mol. The number of morpholine rings is 1. The van der Waals surface area contributed by atoms with Gasteiger partial charge in [-0.3, -0.25) is 4.79 Å². The van der Waals surface area contributed by atoms with Crippen molar-refractivity contribution in [3.8, 4) is 11.3 Å². The van der Waals surface area contributed by atoms with Crippen LogP contribution in [0.15, 0.2) is 63.5 Å². The second kappa shape index (κ2) is 8.39. The first-order valence-electron chi connectivity index (χ1n) is 8.89. The molecule has 1 aromatic heterocycles. The van der Waals surface area contributed by atoms with Gasteiger partial charge in [-0.25, -0.2) is 0 Å². The van der Waals surface area contributed by atoms with E-state index in [4.69, 9.17) is 20.8 Å². The largest absolute Gasteiger partial charge is 0.451 e. The van der Waals surface area contributed by atoms with Crippen LogP contribution in [0.3, 0.4) is 0 Å². The van der Waals surface area contributed by atoms with E-state index in [9.17, 15) is 4.79 Å². The molecule has 4 rings (SSSR count). The molecule has 1 saturated heterocycles. The number of hydrogen-bond donors (Lipinski definition) is 1. The van der Waals surface area contributed by atoms with Crippen LogP contribution in [0.2, 0.25) is 5.02 Å². The van der Waals surface area contributed by atoms with Gasteiger partial charge in [-0.05, 0) is 42.5 Å². The number of anilines is 2. The molecule has 0 aliphatic carbocycles. The van der Waals surface area contributed by atoms with Gasteiger partial charge in [0.1, 0.15) is 5.76 Å². The number of nitrogens with zero attached hydrogens (tertiary/aromatic N) is 1. The summed E-state index contributed by atoms with van der Waals surface area (Å²) < 4.78 is 12.2. The van der Waals surface area contributed by atoms with Crippen molar-refractivity contribution < 1.29 is 13.9 Å². The van der Waals surface area contributed by atoms with Crippen molar-refractivity contribution in [3.05, 3.63) is 69.9 Å². The summed E-state index contributed by atoms with van der Waals surface area (Å²) in [4.78, 5) is 14.9. The molecule has 144 valence electrons. The summed E-state index contributed by atoms with van der Waals surface area (Å²) in [5.41, 5.74) is 2.47. The SMILES string of the molecule is O=C(Nc1cc(Cl)ccc1N1CCOCC1)c1ccc(-c2ccc(Br)cc2)o1. The Kier molecular flexibility index (Phi) is 5.71. The average molecular weight is 462 g/mol. The molecule has 0 saturated carbocycles. The van der Waals surface area contributed by atoms with Gasteiger partial charge in [0.2, 0.25) is 0 Å². The maximum Gasteiger partial charge on any atom is 0.291 e. The average Bonchev–Trinajstić information content (AvgIpc) is 3.20. The number of nitrogens with one attached hydrogen (secondary N) is 1. The zero-order chi connectivity index (χ0) is 19.5. The molecule has 5 nitrogen and oxygen atoms in total. The van der Waals surface area contributed by atoms with Gasteiger partial charge in [0.25, 0.3) is 5.91 Å². The van der Waals surface area contributed by atoms with Crippen LogP contribution in [0, 0.1) is 0 Å². The van der Waals surface area contributed by atoms with E-state index in [1.165, 1.54) is 0 Å². The number of hydrogen-bond acceptors (Lipinski definition) is 4. The van der Waals surface area contributed by atoms with Crippen LogP contribution in [0.1, 0.15) is 10.6 Å². The number of ether oxygens (including phenoxy) is 1. The molecular formula is C21H18BrClN2O3. The van der Waals surface area contributed by atoms with Crippen LogP contribution in [0.4, 0.5) is 11.4 Å². The van der Waals surface area contributed by atoms with E-state index in [1.54, 1.807) is 18.2 Å². The number of rotatable bonds is 4. The fraction of sp³-hybridized carbons (Fsp3) is 0.190. The van der Waals surface area contributed by atoms with Crippen LogP contribution in [0.5, 0.6) is 0 Å². The predicted molar refractivity (Wildman–Crippen MR) is 114 cm³/mol. The lowest BCUT2D eigenvalue weighted by atomic mass is 10.2. The van der Waals surface area contributed by atoms with Crippen molar-refractivity contribution in [2.24, 2.45) is 0 Å². The predicted octanol–water partition coefficient (Wildman–Crippen LogP) is 5.45. The van der Waals surface area contributed by atoms with Crippen molar-refractivity contribution in [1.82, 2.24) is 0 Å². The third kappa shape index (κ3) is 4.24. The molecule has 1 amide bonds. The van der Waals surface area contributed by atoms with Crippen molar-refractivity contribution in [3.63, 3.8) is 0 Å². The minimum Gasteiger partial charge on any atom is -0.451 e. The lowest BCUT2D eigenvalue weighted by Crippen LogP contribution is -2.36. The van der Waals surface area contributed by atoms with Crippen molar-refractivity contribution in [2.45, 2.75) is 0 Å². The summed E-state index contributed by atoms with van der Waals surface area (Å²) in [6.07, 6.45) is 0. The van der Waals surface area contributed by atoms with E-state index in [2.05, 4.69) is 26.1 Å². The number of halogens is 2. The molecule has 1 aliphatic rings. The smallest absolute Gasteiger partial charge is 0.291 e. The first kappa shape index (κ1) is 19.1. The number of carbonyl (C=O) groups excluding carboxylic acids is 1. The standard InChI is InChI=1S/C21H18BrClN2O3/c22-15-3-1-14(2-4-15)19-7-8-20(28-19)21(26)24-17-13-16(23)5-6-18(17)25-9-11-27-12-10-25/h1-8,13H,9-12H2,(H,24,26). The van der Waals surface area contributed by atoms with Gasteiger partial charge in [-0.2, -0.15) is 0 Å². The fourth-order valence-electron chi connectivity index (χ4n) is 3.10. The molecule has 0 radical (unpaired) electrons. The van der Waals surface area contributed by atoms with E-state index in [1.807, 2.05) is 36.4 Å². The van der Waals surface area contributed by atoms with Crippen LogP contribution in [-0.4, -0.2) is 32.2 Å². The highest BCUT2D eigenvalue weighted by Crippen LogP contribution is 2.31. The normalized spacial score (nSPS) is 14.1. The van der Waals surface area contributed by atoms with Gasteiger partial charge in [0.15, 0.2) is 5.76 Å². The van der Waals surface area contributed by atoms with Gasteiger partial charge < -0.3 is 19.4 Å². The van der Waals surface area contributed by atoms with E-state index in [0.717, 1.165) is 28.8 Å². The molecule has 1 fully saturated rings. The molecule has 28 heavy (non-hydrogen) atoms. The Bertz CT molecular complexity index is 982. The Labute approximate surface area is 176 Å². The van der Waals surface area contributed by atoms with Crippen molar-refractivity contribution in [1.29, 1.82) is 0 Å². The quantitative estimate of drug-likeness (QED) is 0.561. The molecule has 2 heterocycles. The van der Waals surface area contributed by atoms with E-state index < -0.39 is 0 Å². The van der Waals surface area contributed by atoms with Crippen LogP contribution in [0.25, 0.3) is 11.3 Å². The minimum atomic E-state index is -0.319. The molecule has 1 N–H and O–H groups in total. The second-order valence-corrected chi connectivity index (χ2v) is 7.74. The second-order valence-electron chi connectivity index (χ2n) is 6.39. The summed E-state index contributed by atoms with van der Waals surface area (Å²) >= 11 is 9.57. The zero-order valence-corrected chi connectivity index (χ0v) is 17.3. The molecule has 2 aromatic carbocycles. The highest BCUT2D eigenvalue weighted by atomic mass is 79.9. The summed E-state index contributed by atoms with van der Waals surface area (Å²) in [7, 11) is 0. The molecule has 0 unspecified atom stereocenters. The lowest BCUT2D eigenvalue weighted by Gasteiger charge is -2.30. The molecule has 0 spiro atoms. The zero-order valence-electron chi connectivity index (χ0n) is 15.0. The van der Waals surface area contributed by atoms with Gasteiger partial charge in [-0.1, -0.05) is 39.7 Å². The van der Waals surface area contributed by atoms with E-state index in [0.29, 0.717) is 29.7 Å². The van der Waals surface area contributed by atoms with E-state index in [-0.39, 0.29) is 11.7 Å². The third-order valence-corrected chi connectivity index (χ3v) is 5.28. The number of carbonyl (C=O) groups is 1. The van der Waals surface area contributed by atoms with Crippen molar-refractivity contribution in [2.75, 3.05) is 36.5 Å². The Morgan fingerprint density at radius 1 is 1.04 bits per heavy atom. The van der Waals surface area contributed by atoms with Crippen LogP contribution in [-0.2, 0) is 4.74 Å². The highest BCUT2D eigenvalue weighted by molar-refractivity contribution is 9.10.